The summed E-state index contributed by atoms with van der Waals surface area (Å²) in [7, 11) is 1.36. The Kier molecular flexibility index (Phi) is 4.35. The number of aromatic nitrogens is 2. The Morgan fingerprint density at radius 1 is 1.44 bits per heavy atom. The van der Waals surface area contributed by atoms with Crippen molar-refractivity contribution in [3.05, 3.63) is 0 Å². The molecule has 1 aliphatic rings. The van der Waals surface area contributed by atoms with E-state index < -0.39 is 6.10 Å². The van der Waals surface area contributed by atoms with Gasteiger partial charge < -0.3 is 14.4 Å². The Balaban J connectivity index is 2.08. The molecular weight excluding hydrogens is 254 g/mol. The zero-order valence-electron chi connectivity index (χ0n) is 10.6. The van der Waals surface area contributed by atoms with Gasteiger partial charge in [-0.25, -0.2) is 4.79 Å². The summed E-state index contributed by atoms with van der Waals surface area (Å²) in [4.78, 5) is 13.6. The first-order valence-electron chi connectivity index (χ1n) is 6.08. The van der Waals surface area contributed by atoms with E-state index in [-0.39, 0.29) is 5.97 Å². The minimum Gasteiger partial charge on any atom is -0.466 e. The lowest BCUT2D eigenvalue weighted by molar-refractivity contribution is -0.149. The van der Waals surface area contributed by atoms with Crippen molar-refractivity contribution in [1.82, 2.24) is 8.75 Å². The fourth-order valence-corrected chi connectivity index (χ4v) is 2.45. The summed E-state index contributed by atoms with van der Waals surface area (Å²) in [6, 6.07) is 0. The van der Waals surface area contributed by atoms with Crippen LogP contribution in [0.4, 0.5) is 5.82 Å². The van der Waals surface area contributed by atoms with Crippen LogP contribution in [0.5, 0.6) is 5.88 Å². The summed E-state index contributed by atoms with van der Waals surface area (Å²) < 4.78 is 18.7. The summed E-state index contributed by atoms with van der Waals surface area (Å²) in [5.41, 5.74) is 0. The molecule has 2 rings (SSSR count). The molecule has 7 heteroatoms. The Labute approximate surface area is 110 Å². The van der Waals surface area contributed by atoms with E-state index in [9.17, 15) is 4.79 Å². The number of rotatable bonds is 5. The van der Waals surface area contributed by atoms with Gasteiger partial charge in [-0.3, -0.25) is 0 Å². The van der Waals surface area contributed by atoms with Gasteiger partial charge in [-0.2, -0.15) is 4.37 Å². The quantitative estimate of drug-likeness (QED) is 0.756. The monoisotopic (exact) mass is 271 g/mol. The number of anilines is 1. The van der Waals surface area contributed by atoms with Gasteiger partial charge in [0.15, 0.2) is 6.10 Å². The van der Waals surface area contributed by atoms with E-state index in [2.05, 4.69) is 13.6 Å². The van der Waals surface area contributed by atoms with E-state index in [1.807, 2.05) is 6.92 Å². The molecule has 1 aromatic rings. The molecule has 1 aromatic heterocycles. The van der Waals surface area contributed by atoms with Crippen molar-refractivity contribution in [2.24, 2.45) is 0 Å². The number of methoxy groups -OCH3 is 1. The Morgan fingerprint density at radius 3 is 2.78 bits per heavy atom. The smallest absolute Gasteiger partial charge is 0.347 e. The minimum atomic E-state index is -0.611. The third kappa shape index (κ3) is 2.72. The van der Waals surface area contributed by atoms with Crippen LogP contribution in [0, 0.1) is 0 Å². The van der Waals surface area contributed by atoms with Gasteiger partial charge in [0.1, 0.15) is 0 Å². The van der Waals surface area contributed by atoms with Crippen LogP contribution in [0.15, 0.2) is 0 Å². The molecule has 0 amide bonds. The highest BCUT2D eigenvalue weighted by Gasteiger charge is 2.25. The molecule has 0 spiro atoms. The van der Waals surface area contributed by atoms with Gasteiger partial charge >= 0.3 is 5.97 Å². The summed E-state index contributed by atoms with van der Waals surface area (Å²) >= 11 is 1.11. The largest absolute Gasteiger partial charge is 0.466 e. The number of nitrogens with zero attached hydrogens (tertiary/aromatic N) is 3. The van der Waals surface area contributed by atoms with Crippen molar-refractivity contribution in [2.45, 2.75) is 32.3 Å². The van der Waals surface area contributed by atoms with E-state index in [0.717, 1.165) is 43.5 Å². The van der Waals surface area contributed by atoms with Crippen molar-refractivity contribution >= 4 is 23.5 Å². The number of carbonyl (C=O) groups excluding carboxylic acids is 1. The highest BCUT2D eigenvalue weighted by Crippen LogP contribution is 2.29. The first-order valence-corrected chi connectivity index (χ1v) is 6.81. The maximum atomic E-state index is 11.5. The van der Waals surface area contributed by atoms with E-state index in [4.69, 9.17) is 9.47 Å². The molecule has 100 valence electrons. The van der Waals surface area contributed by atoms with Gasteiger partial charge in [0.2, 0.25) is 5.82 Å². The third-order valence-electron chi connectivity index (χ3n) is 2.94. The van der Waals surface area contributed by atoms with Crippen molar-refractivity contribution in [3.8, 4) is 5.88 Å². The van der Waals surface area contributed by atoms with Crippen LogP contribution in [-0.4, -0.2) is 41.0 Å². The molecule has 1 unspecified atom stereocenters. The highest BCUT2D eigenvalue weighted by atomic mass is 32.1. The molecule has 1 aliphatic heterocycles. The molecular formula is C11H17N3O3S. The molecule has 18 heavy (non-hydrogen) atoms. The summed E-state index contributed by atoms with van der Waals surface area (Å²) in [6.07, 6.45) is 2.25. The van der Waals surface area contributed by atoms with Crippen LogP contribution >= 0.6 is 11.7 Å². The lowest BCUT2D eigenvalue weighted by atomic mass is 10.3. The predicted molar refractivity (Wildman–Crippen MR) is 68.1 cm³/mol. The average molecular weight is 271 g/mol. The fourth-order valence-electron chi connectivity index (χ4n) is 1.94. The number of carbonyl (C=O) groups is 1. The average Bonchev–Trinajstić information content (AvgIpc) is 3.05. The number of hydrogen-bond donors (Lipinski definition) is 0. The van der Waals surface area contributed by atoms with Gasteiger partial charge in [0.05, 0.1) is 18.8 Å². The molecule has 6 nitrogen and oxygen atoms in total. The van der Waals surface area contributed by atoms with Crippen molar-refractivity contribution in [1.29, 1.82) is 0 Å². The van der Waals surface area contributed by atoms with Crippen LogP contribution in [-0.2, 0) is 9.53 Å². The molecule has 0 aromatic carbocycles. The Hall–Kier alpha value is -1.37. The standard InChI is InChI=1S/C11H17N3O3S/c1-3-8(11(15)16-2)17-10-9(12-18-13-10)14-6-4-5-7-14/h8H,3-7H2,1-2H3. The minimum absolute atomic E-state index is 0.377. The van der Waals surface area contributed by atoms with Crippen LogP contribution in [0.1, 0.15) is 26.2 Å². The SMILES string of the molecule is CCC(Oc1nsnc1N1CCCC1)C(=O)OC. The van der Waals surface area contributed by atoms with Gasteiger partial charge in [0, 0.05) is 13.1 Å². The maximum Gasteiger partial charge on any atom is 0.347 e. The Bertz CT molecular complexity index is 404. The third-order valence-corrected chi connectivity index (χ3v) is 3.44. The van der Waals surface area contributed by atoms with Gasteiger partial charge in [0.25, 0.3) is 5.88 Å². The normalized spacial score (nSPS) is 16.7. The van der Waals surface area contributed by atoms with Crippen LogP contribution < -0.4 is 9.64 Å². The molecule has 0 saturated carbocycles. The van der Waals surface area contributed by atoms with Crippen LogP contribution in [0.3, 0.4) is 0 Å². The van der Waals surface area contributed by atoms with E-state index in [0.29, 0.717) is 12.3 Å². The second kappa shape index (κ2) is 5.99. The second-order valence-electron chi connectivity index (χ2n) is 4.13. The first kappa shape index (κ1) is 13.1. The molecule has 0 N–H and O–H groups in total. The zero-order valence-corrected chi connectivity index (χ0v) is 11.4. The summed E-state index contributed by atoms with van der Waals surface area (Å²) in [5.74, 6) is 0.817. The molecule has 0 radical (unpaired) electrons. The van der Waals surface area contributed by atoms with Gasteiger partial charge in [-0.05, 0) is 19.3 Å². The molecule has 0 aliphatic carbocycles. The van der Waals surface area contributed by atoms with E-state index in [1.165, 1.54) is 7.11 Å². The molecule has 0 bridgehead atoms. The van der Waals surface area contributed by atoms with Crippen LogP contribution in [0.2, 0.25) is 0 Å². The highest BCUT2D eigenvalue weighted by molar-refractivity contribution is 6.99. The summed E-state index contributed by atoms with van der Waals surface area (Å²) in [5, 5.41) is 0. The van der Waals surface area contributed by atoms with Crippen molar-refractivity contribution < 1.29 is 14.3 Å². The van der Waals surface area contributed by atoms with E-state index >= 15 is 0 Å². The number of ether oxygens (including phenoxy) is 2. The first-order chi connectivity index (χ1) is 8.76. The molecule has 2 heterocycles. The molecule has 1 fully saturated rings. The van der Waals surface area contributed by atoms with Gasteiger partial charge in [-0.1, -0.05) is 6.92 Å². The topological polar surface area (TPSA) is 64.6 Å². The molecule has 1 atom stereocenters. The zero-order chi connectivity index (χ0) is 13.0. The maximum absolute atomic E-state index is 11.5. The fraction of sp³-hybridized carbons (Fsp3) is 0.727. The van der Waals surface area contributed by atoms with Crippen molar-refractivity contribution in [3.63, 3.8) is 0 Å². The Morgan fingerprint density at radius 2 is 2.17 bits per heavy atom. The lowest BCUT2D eigenvalue weighted by Gasteiger charge is -2.18. The lowest BCUT2D eigenvalue weighted by Crippen LogP contribution is -2.29. The number of hydrogen-bond acceptors (Lipinski definition) is 7. The van der Waals surface area contributed by atoms with Gasteiger partial charge in [-0.15, -0.1) is 4.37 Å². The van der Waals surface area contributed by atoms with Crippen LogP contribution in [0.25, 0.3) is 0 Å². The van der Waals surface area contributed by atoms with E-state index in [1.54, 1.807) is 0 Å². The molecule has 1 saturated heterocycles. The predicted octanol–water partition coefficient (Wildman–Crippen LogP) is 1.47. The number of esters is 1. The second-order valence-corrected chi connectivity index (χ2v) is 4.65. The summed E-state index contributed by atoms with van der Waals surface area (Å²) in [6.45, 7) is 3.81. The van der Waals surface area contributed by atoms with Crippen molar-refractivity contribution in [2.75, 3.05) is 25.1 Å².